The summed E-state index contributed by atoms with van der Waals surface area (Å²) in [6, 6.07) is 13.3. The van der Waals surface area contributed by atoms with Gasteiger partial charge in [0.1, 0.15) is 6.61 Å². The fourth-order valence-corrected chi connectivity index (χ4v) is 2.83. The van der Waals surface area contributed by atoms with E-state index >= 15 is 0 Å². The van der Waals surface area contributed by atoms with E-state index in [2.05, 4.69) is 10.3 Å². The lowest BCUT2D eigenvalue weighted by atomic mass is 9.91. The Bertz CT molecular complexity index is 671. The molecule has 1 aliphatic heterocycles. The van der Waals surface area contributed by atoms with Gasteiger partial charge in [0.05, 0.1) is 5.60 Å². The first-order chi connectivity index (χ1) is 12.1. The van der Waals surface area contributed by atoms with Gasteiger partial charge in [0.15, 0.2) is 0 Å². The Morgan fingerprint density at radius 2 is 1.84 bits per heavy atom. The number of ether oxygens (including phenoxy) is 1. The highest BCUT2D eigenvalue weighted by Gasteiger charge is 2.34. The minimum absolute atomic E-state index is 0.268. The molecule has 25 heavy (non-hydrogen) atoms. The van der Waals surface area contributed by atoms with Crippen molar-refractivity contribution in [3.63, 3.8) is 0 Å². The summed E-state index contributed by atoms with van der Waals surface area (Å²) in [5.41, 5.74) is 1.07. The number of aromatic nitrogens is 1. The van der Waals surface area contributed by atoms with Gasteiger partial charge in [0.2, 0.25) is 0 Å². The fourth-order valence-electron chi connectivity index (χ4n) is 2.83. The summed E-state index contributed by atoms with van der Waals surface area (Å²) in [5.74, 6) is 0. The molecule has 0 radical (unpaired) electrons. The van der Waals surface area contributed by atoms with Gasteiger partial charge in [-0.15, -0.1) is 0 Å². The van der Waals surface area contributed by atoms with Crippen LogP contribution in [0.25, 0.3) is 0 Å². The van der Waals surface area contributed by atoms with Crippen LogP contribution in [-0.4, -0.2) is 46.3 Å². The Morgan fingerprint density at radius 3 is 2.52 bits per heavy atom. The highest BCUT2D eigenvalue weighted by molar-refractivity contribution is 5.67. The summed E-state index contributed by atoms with van der Waals surface area (Å²) in [7, 11) is 0. The lowest BCUT2D eigenvalue weighted by molar-refractivity contribution is -0.0110. The van der Waals surface area contributed by atoms with Crippen LogP contribution in [0.15, 0.2) is 54.9 Å². The molecule has 1 fully saturated rings. The van der Waals surface area contributed by atoms with E-state index in [0.717, 1.165) is 11.3 Å². The van der Waals surface area contributed by atoms with E-state index in [9.17, 15) is 9.90 Å². The lowest BCUT2D eigenvalue weighted by Gasteiger charge is -2.37. The summed E-state index contributed by atoms with van der Waals surface area (Å²) in [5, 5.41) is 13.9. The van der Waals surface area contributed by atoms with Crippen LogP contribution in [0, 0.1) is 0 Å². The van der Waals surface area contributed by atoms with Crippen LogP contribution in [0.5, 0.6) is 0 Å². The van der Waals surface area contributed by atoms with Crippen LogP contribution in [0.4, 0.5) is 10.5 Å². The van der Waals surface area contributed by atoms with Crippen molar-refractivity contribution < 1.29 is 14.6 Å². The van der Waals surface area contributed by atoms with Crippen molar-refractivity contribution in [1.29, 1.82) is 0 Å². The Hall–Kier alpha value is -2.60. The van der Waals surface area contributed by atoms with Crippen LogP contribution >= 0.6 is 0 Å². The minimum atomic E-state index is -0.820. The number of carbonyl (C=O) groups is 1. The number of rotatable bonds is 5. The number of benzene rings is 1. The van der Waals surface area contributed by atoms with E-state index in [-0.39, 0.29) is 12.7 Å². The zero-order valence-electron chi connectivity index (χ0n) is 14.1. The fraction of sp³-hybridized carbons (Fsp3) is 0.368. The molecule has 2 aromatic rings. The monoisotopic (exact) mass is 341 g/mol. The molecule has 1 aliphatic rings. The summed E-state index contributed by atoms with van der Waals surface area (Å²) >= 11 is 0. The average Bonchev–Trinajstić information content (AvgIpc) is 2.67. The first-order valence-electron chi connectivity index (χ1n) is 8.47. The third kappa shape index (κ3) is 4.93. The molecule has 0 saturated carbocycles. The number of nitrogens with zero attached hydrogens (tertiary/aromatic N) is 2. The molecule has 1 saturated heterocycles. The van der Waals surface area contributed by atoms with Gasteiger partial charge in [-0.1, -0.05) is 30.3 Å². The molecule has 0 bridgehead atoms. The molecule has 0 spiro atoms. The topological polar surface area (TPSA) is 74.7 Å². The molecule has 6 heteroatoms. The normalized spacial score (nSPS) is 16.3. The van der Waals surface area contributed by atoms with Gasteiger partial charge in [0, 0.05) is 37.7 Å². The van der Waals surface area contributed by atoms with Gasteiger partial charge in [0.25, 0.3) is 0 Å². The molecule has 6 nitrogen and oxygen atoms in total. The lowest BCUT2D eigenvalue weighted by Crippen LogP contribution is -2.50. The molecule has 0 aliphatic carbocycles. The summed E-state index contributed by atoms with van der Waals surface area (Å²) in [4.78, 5) is 17.8. The third-order valence-electron chi connectivity index (χ3n) is 4.46. The highest BCUT2D eigenvalue weighted by Crippen LogP contribution is 2.23. The van der Waals surface area contributed by atoms with E-state index < -0.39 is 5.60 Å². The van der Waals surface area contributed by atoms with Crippen molar-refractivity contribution in [3.8, 4) is 0 Å². The number of hydrogen-bond acceptors (Lipinski definition) is 5. The second-order valence-electron chi connectivity index (χ2n) is 6.34. The van der Waals surface area contributed by atoms with Gasteiger partial charge >= 0.3 is 6.09 Å². The van der Waals surface area contributed by atoms with Crippen molar-refractivity contribution in [1.82, 2.24) is 9.88 Å². The van der Waals surface area contributed by atoms with Gasteiger partial charge in [-0.05, 0) is 30.5 Å². The standard InChI is InChI=1S/C19H23N3O3/c23-18(25-14-16-4-2-1-3-5-16)22-12-8-19(24,9-13-22)15-21-17-6-10-20-11-7-17/h1-7,10-11,24H,8-9,12-15H2,(H,20,21). The number of piperidine rings is 1. The van der Waals surface area contributed by atoms with Crippen LogP contribution < -0.4 is 5.32 Å². The Labute approximate surface area is 147 Å². The van der Waals surface area contributed by atoms with E-state index in [4.69, 9.17) is 4.74 Å². The highest BCUT2D eigenvalue weighted by atomic mass is 16.6. The van der Waals surface area contributed by atoms with Crippen molar-refractivity contribution in [2.45, 2.75) is 25.0 Å². The van der Waals surface area contributed by atoms with Gasteiger partial charge in [-0.3, -0.25) is 4.98 Å². The number of pyridine rings is 1. The Kier molecular flexibility index (Phi) is 5.50. The van der Waals surface area contributed by atoms with Crippen LogP contribution in [-0.2, 0) is 11.3 Å². The summed E-state index contributed by atoms with van der Waals surface area (Å²) < 4.78 is 5.35. The van der Waals surface area contributed by atoms with Crippen LogP contribution in [0.2, 0.25) is 0 Å². The average molecular weight is 341 g/mol. The van der Waals surface area contributed by atoms with Crippen molar-refractivity contribution >= 4 is 11.8 Å². The number of anilines is 1. The van der Waals surface area contributed by atoms with Crippen LogP contribution in [0.1, 0.15) is 18.4 Å². The van der Waals surface area contributed by atoms with E-state index in [1.54, 1.807) is 17.3 Å². The van der Waals surface area contributed by atoms with E-state index in [0.29, 0.717) is 32.5 Å². The predicted molar refractivity (Wildman–Crippen MR) is 95.1 cm³/mol. The molecular weight excluding hydrogens is 318 g/mol. The Morgan fingerprint density at radius 1 is 1.16 bits per heavy atom. The minimum Gasteiger partial charge on any atom is -0.445 e. The summed E-state index contributed by atoms with van der Waals surface area (Å²) in [6.45, 7) is 1.69. The SMILES string of the molecule is O=C(OCc1ccccc1)N1CCC(O)(CNc2ccncc2)CC1. The number of amides is 1. The van der Waals surface area contributed by atoms with Gasteiger partial charge in [-0.25, -0.2) is 4.79 Å². The van der Waals surface area contributed by atoms with Crippen molar-refractivity contribution in [3.05, 3.63) is 60.4 Å². The first-order valence-corrected chi connectivity index (χ1v) is 8.47. The molecule has 1 amide bonds. The van der Waals surface area contributed by atoms with Crippen LogP contribution in [0.3, 0.4) is 0 Å². The van der Waals surface area contributed by atoms with E-state index in [1.807, 2.05) is 42.5 Å². The zero-order chi connectivity index (χ0) is 17.5. The largest absolute Gasteiger partial charge is 0.445 e. The maximum absolute atomic E-state index is 12.2. The molecule has 1 aromatic carbocycles. The molecule has 3 rings (SSSR count). The van der Waals surface area contributed by atoms with Gasteiger partial charge in [-0.2, -0.15) is 0 Å². The Balaban J connectivity index is 1.43. The second-order valence-corrected chi connectivity index (χ2v) is 6.34. The maximum Gasteiger partial charge on any atom is 0.410 e. The third-order valence-corrected chi connectivity index (χ3v) is 4.46. The first kappa shape index (κ1) is 17.2. The number of carbonyl (C=O) groups excluding carboxylic acids is 1. The number of hydrogen-bond donors (Lipinski definition) is 2. The molecular formula is C19H23N3O3. The van der Waals surface area contributed by atoms with Gasteiger partial charge < -0.3 is 20.1 Å². The predicted octanol–water partition coefficient (Wildman–Crippen LogP) is 2.66. The molecule has 0 atom stereocenters. The van der Waals surface area contributed by atoms with E-state index in [1.165, 1.54) is 0 Å². The number of aliphatic hydroxyl groups is 1. The number of nitrogens with one attached hydrogen (secondary N) is 1. The maximum atomic E-state index is 12.2. The van der Waals surface area contributed by atoms with Crippen molar-refractivity contribution in [2.75, 3.05) is 25.0 Å². The smallest absolute Gasteiger partial charge is 0.410 e. The molecule has 1 aromatic heterocycles. The molecule has 2 N–H and O–H groups in total. The molecule has 0 unspecified atom stereocenters. The summed E-state index contributed by atoms with van der Waals surface area (Å²) in [6.07, 6.45) is 4.12. The quantitative estimate of drug-likeness (QED) is 0.874. The zero-order valence-corrected chi connectivity index (χ0v) is 14.1. The van der Waals surface area contributed by atoms with Crippen molar-refractivity contribution in [2.24, 2.45) is 0 Å². The molecule has 132 valence electrons. The molecule has 2 heterocycles. The second kappa shape index (κ2) is 7.98. The number of likely N-dealkylation sites (tertiary alicyclic amines) is 1.